The molecule has 4 aromatic heterocycles. The van der Waals surface area contributed by atoms with Crippen LogP contribution in [0, 0.1) is 6.92 Å². The van der Waals surface area contributed by atoms with Crippen molar-refractivity contribution in [1.82, 2.24) is 19.9 Å². The third-order valence-electron chi connectivity index (χ3n) is 5.45. The Bertz CT molecular complexity index is 1400. The van der Waals surface area contributed by atoms with Crippen molar-refractivity contribution < 1.29 is 0 Å². The number of aryl methyl sites for hydroxylation is 1. The van der Waals surface area contributed by atoms with Crippen LogP contribution >= 0.6 is 0 Å². The van der Waals surface area contributed by atoms with Crippen molar-refractivity contribution in [2.75, 3.05) is 0 Å². The summed E-state index contributed by atoms with van der Waals surface area (Å²) in [5.41, 5.74) is 9.10. The molecule has 158 valence electrons. The average molecular weight is 427 g/mol. The number of aromatic nitrogens is 4. The van der Waals surface area contributed by atoms with Crippen LogP contribution < -0.4 is 0 Å². The molecule has 0 atom stereocenters. The molecular formula is C29H22N4. The first kappa shape index (κ1) is 20.5. The van der Waals surface area contributed by atoms with E-state index in [0.29, 0.717) is 0 Å². The van der Waals surface area contributed by atoms with Gasteiger partial charge >= 0.3 is 0 Å². The summed E-state index contributed by atoms with van der Waals surface area (Å²) in [5, 5.41) is 0. The molecule has 1 aromatic carbocycles. The first-order valence-electron chi connectivity index (χ1n) is 10.8. The van der Waals surface area contributed by atoms with E-state index in [1.54, 1.807) is 12.4 Å². The smallest absolute Gasteiger partial charge is 0.0790 e. The van der Waals surface area contributed by atoms with Crippen LogP contribution in [-0.2, 0) is 0 Å². The third kappa shape index (κ3) is 4.60. The Balaban J connectivity index is 1.59. The molecule has 4 heterocycles. The summed E-state index contributed by atoms with van der Waals surface area (Å²) >= 11 is 0. The molecule has 0 fully saturated rings. The van der Waals surface area contributed by atoms with Gasteiger partial charge in [-0.2, -0.15) is 0 Å². The molecule has 0 saturated carbocycles. The van der Waals surface area contributed by atoms with Crippen molar-refractivity contribution in [1.29, 1.82) is 0 Å². The summed E-state index contributed by atoms with van der Waals surface area (Å²) in [6.07, 6.45) is 15.3. The average Bonchev–Trinajstić information content (AvgIpc) is 2.89. The van der Waals surface area contributed by atoms with Gasteiger partial charge in [-0.05, 0) is 48.4 Å². The molecule has 0 N–H and O–H groups in total. The van der Waals surface area contributed by atoms with Gasteiger partial charge in [0.25, 0.3) is 0 Å². The highest BCUT2D eigenvalue weighted by Gasteiger charge is 2.11. The first-order valence-corrected chi connectivity index (χ1v) is 10.8. The van der Waals surface area contributed by atoms with Crippen LogP contribution in [0.3, 0.4) is 0 Å². The van der Waals surface area contributed by atoms with Crippen molar-refractivity contribution in [2.24, 2.45) is 0 Å². The summed E-state index contributed by atoms with van der Waals surface area (Å²) in [7, 11) is 0. The van der Waals surface area contributed by atoms with Gasteiger partial charge in [0.1, 0.15) is 0 Å². The Morgan fingerprint density at radius 2 is 1.27 bits per heavy atom. The number of benzene rings is 1. The number of pyridine rings is 4. The lowest BCUT2D eigenvalue weighted by atomic mass is 9.99. The minimum atomic E-state index is 0.892. The highest BCUT2D eigenvalue weighted by Crippen LogP contribution is 2.30. The van der Waals surface area contributed by atoms with E-state index in [9.17, 15) is 0 Å². The summed E-state index contributed by atoms with van der Waals surface area (Å²) < 4.78 is 0. The summed E-state index contributed by atoms with van der Waals surface area (Å²) in [6, 6.07) is 22.5. The quantitative estimate of drug-likeness (QED) is 0.312. The lowest BCUT2D eigenvalue weighted by Gasteiger charge is -2.11. The van der Waals surface area contributed by atoms with E-state index in [0.717, 1.165) is 50.3 Å². The number of nitrogens with zero attached hydrogens (tertiary/aromatic N) is 4. The molecule has 5 rings (SSSR count). The largest absolute Gasteiger partial charge is 0.264 e. The lowest BCUT2D eigenvalue weighted by molar-refractivity contribution is 1.22. The Morgan fingerprint density at radius 3 is 1.97 bits per heavy atom. The van der Waals surface area contributed by atoms with Gasteiger partial charge in [0.05, 0.1) is 11.4 Å². The Kier molecular flexibility index (Phi) is 5.81. The molecule has 4 heteroatoms. The molecule has 0 unspecified atom stereocenters. The fourth-order valence-electron chi connectivity index (χ4n) is 3.80. The van der Waals surface area contributed by atoms with Gasteiger partial charge in [0.15, 0.2) is 0 Å². The molecule has 33 heavy (non-hydrogen) atoms. The zero-order valence-electron chi connectivity index (χ0n) is 18.3. The van der Waals surface area contributed by atoms with Gasteiger partial charge in [0.2, 0.25) is 0 Å². The first-order chi connectivity index (χ1) is 16.3. The van der Waals surface area contributed by atoms with Crippen LogP contribution in [0.25, 0.3) is 45.8 Å². The molecule has 0 amide bonds. The van der Waals surface area contributed by atoms with E-state index in [1.165, 1.54) is 0 Å². The highest BCUT2D eigenvalue weighted by molar-refractivity contribution is 5.82. The van der Waals surface area contributed by atoms with E-state index in [4.69, 9.17) is 9.97 Å². The van der Waals surface area contributed by atoms with E-state index in [-0.39, 0.29) is 0 Å². The van der Waals surface area contributed by atoms with Crippen LogP contribution in [0.1, 0.15) is 16.7 Å². The van der Waals surface area contributed by atoms with Crippen molar-refractivity contribution in [3.63, 3.8) is 0 Å². The van der Waals surface area contributed by atoms with E-state index >= 15 is 0 Å². The van der Waals surface area contributed by atoms with Crippen LogP contribution in [0.2, 0.25) is 0 Å². The minimum Gasteiger partial charge on any atom is -0.264 e. The second-order valence-corrected chi connectivity index (χ2v) is 7.78. The van der Waals surface area contributed by atoms with Crippen LogP contribution in [0.5, 0.6) is 0 Å². The predicted octanol–water partition coefficient (Wildman–Crippen LogP) is 6.75. The van der Waals surface area contributed by atoms with Crippen LogP contribution in [-0.4, -0.2) is 19.9 Å². The maximum Gasteiger partial charge on any atom is 0.0790 e. The predicted molar refractivity (Wildman–Crippen MR) is 134 cm³/mol. The second kappa shape index (κ2) is 9.37. The van der Waals surface area contributed by atoms with Crippen molar-refractivity contribution in [3.05, 3.63) is 121 Å². The third-order valence-corrected chi connectivity index (χ3v) is 5.45. The monoisotopic (exact) mass is 426 g/mol. The van der Waals surface area contributed by atoms with E-state index in [1.807, 2.05) is 67.3 Å². The van der Waals surface area contributed by atoms with Crippen molar-refractivity contribution in [2.45, 2.75) is 6.92 Å². The van der Waals surface area contributed by atoms with Gasteiger partial charge in [0, 0.05) is 65.0 Å². The Hall–Kier alpha value is -4.44. The van der Waals surface area contributed by atoms with Crippen molar-refractivity contribution in [3.8, 4) is 33.6 Å². The maximum absolute atomic E-state index is 4.85. The molecule has 4 nitrogen and oxygen atoms in total. The van der Waals surface area contributed by atoms with Crippen LogP contribution in [0.4, 0.5) is 0 Å². The van der Waals surface area contributed by atoms with E-state index < -0.39 is 0 Å². The summed E-state index contributed by atoms with van der Waals surface area (Å²) in [5.74, 6) is 0. The van der Waals surface area contributed by atoms with Gasteiger partial charge in [-0.15, -0.1) is 0 Å². The molecule has 0 radical (unpaired) electrons. The molecule has 0 aliphatic heterocycles. The number of hydrogen-bond acceptors (Lipinski definition) is 4. The summed E-state index contributed by atoms with van der Waals surface area (Å²) in [4.78, 5) is 18.1. The SMILES string of the molecule is Cc1cc(-c2ncc(-c3cccnc3)cc2C=Cc2ccccc2)cnc1-c1cccnc1. The highest BCUT2D eigenvalue weighted by atomic mass is 14.7. The zero-order chi connectivity index (χ0) is 22.5. The normalized spacial score (nSPS) is 11.1. The maximum atomic E-state index is 4.85. The van der Waals surface area contributed by atoms with Crippen molar-refractivity contribution >= 4 is 12.2 Å². The molecule has 0 aliphatic carbocycles. The topological polar surface area (TPSA) is 51.6 Å². The van der Waals surface area contributed by atoms with Gasteiger partial charge in [-0.25, -0.2) is 0 Å². The fourth-order valence-corrected chi connectivity index (χ4v) is 3.80. The molecule has 0 aliphatic rings. The molecule has 5 aromatic rings. The molecule has 0 bridgehead atoms. The van der Waals surface area contributed by atoms with Gasteiger partial charge < -0.3 is 0 Å². The van der Waals surface area contributed by atoms with E-state index in [2.05, 4.69) is 53.3 Å². The number of hydrogen-bond donors (Lipinski definition) is 0. The number of rotatable bonds is 5. The summed E-state index contributed by atoms with van der Waals surface area (Å²) in [6.45, 7) is 2.07. The fraction of sp³-hybridized carbons (Fsp3) is 0.0345. The van der Waals surface area contributed by atoms with Crippen LogP contribution in [0.15, 0.2) is 104 Å². The molecular weight excluding hydrogens is 404 g/mol. The zero-order valence-corrected chi connectivity index (χ0v) is 18.3. The standard InChI is InChI=1S/C29H22N4/c1-21-15-27(20-32-28(21)25-10-6-14-31-18-25)29-23(12-11-22-7-3-2-4-8-22)16-26(19-33-29)24-9-5-13-30-17-24/h2-20H,1H3. The van der Waals surface area contributed by atoms with Gasteiger partial charge in [-0.3, -0.25) is 19.9 Å². The van der Waals surface area contributed by atoms with Gasteiger partial charge in [-0.1, -0.05) is 48.6 Å². The second-order valence-electron chi connectivity index (χ2n) is 7.78. The lowest BCUT2D eigenvalue weighted by Crippen LogP contribution is -1.95. The molecule has 0 saturated heterocycles. The minimum absolute atomic E-state index is 0.892. The Labute approximate surface area is 193 Å². The Morgan fingerprint density at radius 1 is 0.576 bits per heavy atom. The molecule has 0 spiro atoms.